The lowest BCUT2D eigenvalue weighted by molar-refractivity contribution is -0.107. The predicted molar refractivity (Wildman–Crippen MR) is 51.7 cm³/mol. The van der Waals surface area contributed by atoms with Gasteiger partial charge in [0.25, 0.3) is 0 Å². The number of carbonyl (C=O) groups excluding carboxylic acids is 1. The number of hydrogen-bond acceptors (Lipinski definition) is 3. The van der Waals surface area contributed by atoms with E-state index in [4.69, 9.17) is 0 Å². The van der Waals surface area contributed by atoms with Gasteiger partial charge in [-0.05, 0) is 6.07 Å². The molecule has 0 saturated heterocycles. The molecule has 3 nitrogen and oxygen atoms in total. The van der Waals surface area contributed by atoms with E-state index in [0.717, 1.165) is 22.6 Å². The molecule has 0 amide bonds. The van der Waals surface area contributed by atoms with Gasteiger partial charge in [-0.2, -0.15) is 0 Å². The lowest BCUT2D eigenvalue weighted by atomic mass is 10.3. The molecule has 13 heavy (non-hydrogen) atoms. The number of aromatic nitrogens is 2. The fourth-order valence-corrected chi connectivity index (χ4v) is 1.84. The molecule has 4 heteroatoms. The summed E-state index contributed by atoms with van der Waals surface area (Å²) in [6, 6.07) is 1.96. The van der Waals surface area contributed by atoms with Crippen LogP contribution in [0.25, 0.3) is 11.3 Å². The van der Waals surface area contributed by atoms with E-state index in [-0.39, 0.29) is 0 Å². The first-order valence-electron chi connectivity index (χ1n) is 3.91. The second kappa shape index (κ2) is 3.53. The van der Waals surface area contributed by atoms with E-state index in [1.165, 1.54) is 11.3 Å². The average Bonchev–Trinajstić information content (AvgIpc) is 2.70. The topological polar surface area (TPSA) is 45.8 Å². The van der Waals surface area contributed by atoms with Gasteiger partial charge in [-0.25, -0.2) is 4.98 Å². The number of rotatable bonds is 3. The van der Waals surface area contributed by atoms with Gasteiger partial charge >= 0.3 is 0 Å². The van der Waals surface area contributed by atoms with Crippen molar-refractivity contribution in [3.05, 3.63) is 28.8 Å². The van der Waals surface area contributed by atoms with Gasteiger partial charge in [-0.15, -0.1) is 11.3 Å². The number of thiazole rings is 1. The highest BCUT2D eigenvalue weighted by Gasteiger charge is 2.03. The fourth-order valence-electron chi connectivity index (χ4n) is 1.09. The molecule has 0 aliphatic heterocycles. The van der Waals surface area contributed by atoms with Crippen LogP contribution in [0, 0.1) is 0 Å². The van der Waals surface area contributed by atoms with E-state index in [9.17, 15) is 4.79 Å². The summed E-state index contributed by atoms with van der Waals surface area (Å²) in [6.45, 7) is 0. The molecule has 2 aromatic heterocycles. The first kappa shape index (κ1) is 8.19. The normalized spacial score (nSPS) is 10.2. The lowest BCUT2D eigenvalue weighted by Gasteiger charge is -1.86. The quantitative estimate of drug-likeness (QED) is 0.755. The first-order chi connectivity index (χ1) is 6.40. The summed E-state index contributed by atoms with van der Waals surface area (Å²) >= 11 is 1.52. The Kier molecular flexibility index (Phi) is 2.23. The summed E-state index contributed by atoms with van der Waals surface area (Å²) in [5.74, 6) is 0. The maximum absolute atomic E-state index is 10.2. The molecule has 0 bridgehead atoms. The number of aldehydes is 1. The zero-order valence-corrected chi connectivity index (χ0v) is 7.67. The van der Waals surface area contributed by atoms with Crippen LogP contribution in [0.4, 0.5) is 0 Å². The van der Waals surface area contributed by atoms with E-state index in [2.05, 4.69) is 9.97 Å². The predicted octanol–water partition coefficient (Wildman–Crippen LogP) is 1.88. The summed E-state index contributed by atoms with van der Waals surface area (Å²) in [4.78, 5) is 17.5. The van der Waals surface area contributed by atoms with Crippen LogP contribution in [-0.2, 0) is 11.2 Å². The monoisotopic (exact) mass is 192 g/mol. The highest BCUT2D eigenvalue weighted by Crippen LogP contribution is 2.20. The summed E-state index contributed by atoms with van der Waals surface area (Å²) in [5, 5.41) is 2.83. The van der Waals surface area contributed by atoms with Crippen molar-refractivity contribution >= 4 is 17.6 Å². The van der Waals surface area contributed by atoms with Gasteiger partial charge in [0, 0.05) is 23.3 Å². The van der Waals surface area contributed by atoms with Crippen LogP contribution < -0.4 is 0 Å². The van der Waals surface area contributed by atoms with Crippen LogP contribution in [0.1, 0.15) is 5.01 Å². The highest BCUT2D eigenvalue weighted by atomic mass is 32.1. The third kappa shape index (κ3) is 1.67. The number of H-pyrrole nitrogens is 1. The molecule has 0 saturated carbocycles. The minimum atomic E-state index is 0.412. The molecule has 66 valence electrons. The van der Waals surface area contributed by atoms with Crippen molar-refractivity contribution in [2.45, 2.75) is 6.42 Å². The Labute approximate surface area is 79.4 Å². The SMILES string of the molecule is O=CCc1nc(-c2cc[nH]c2)cs1. The molecule has 0 unspecified atom stereocenters. The van der Waals surface area contributed by atoms with Gasteiger partial charge in [-0.3, -0.25) is 0 Å². The van der Waals surface area contributed by atoms with Crippen molar-refractivity contribution in [1.29, 1.82) is 0 Å². The molecule has 0 fully saturated rings. The Morgan fingerprint density at radius 2 is 2.54 bits per heavy atom. The number of aromatic amines is 1. The van der Waals surface area contributed by atoms with Gasteiger partial charge in [0.2, 0.25) is 0 Å². The second-order valence-corrected chi connectivity index (χ2v) is 3.54. The molecular weight excluding hydrogens is 184 g/mol. The Hall–Kier alpha value is -1.42. The molecule has 0 radical (unpaired) electrons. The second-order valence-electron chi connectivity index (χ2n) is 2.60. The van der Waals surface area contributed by atoms with Crippen LogP contribution in [-0.4, -0.2) is 16.3 Å². The Morgan fingerprint density at radius 3 is 3.23 bits per heavy atom. The van der Waals surface area contributed by atoms with E-state index < -0.39 is 0 Å². The van der Waals surface area contributed by atoms with Crippen LogP contribution in [0.15, 0.2) is 23.8 Å². The molecule has 2 aromatic rings. The molecular formula is C9H8N2OS. The van der Waals surface area contributed by atoms with Gasteiger partial charge < -0.3 is 9.78 Å². The van der Waals surface area contributed by atoms with Crippen molar-refractivity contribution < 1.29 is 4.79 Å². The molecule has 1 N–H and O–H groups in total. The minimum absolute atomic E-state index is 0.412. The Morgan fingerprint density at radius 1 is 1.62 bits per heavy atom. The molecule has 0 spiro atoms. The van der Waals surface area contributed by atoms with Crippen molar-refractivity contribution in [2.75, 3.05) is 0 Å². The van der Waals surface area contributed by atoms with Gasteiger partial charge in [0.15, 0.2) is 0 Å². The van der Waals surface area contributed by atoms with Crippen LogP contribution in [0.2, 0.25) is 0 Å². The zero-order chi connectivity index (χ0) is 9.10. The third-order valence-corrected chi connectivity index (χ3v) is 2.57. The van der Waals surface area contributed by atoms with E-state index in [1.807, 2.05) is 23.8 Å². The summed E-state index contributed by atoms with van der Waals surface area (Å²) in [6.07, 6.45) is 5.03. The molecule has 0 aromatic carbocycles. The third-order valence-electron chi connectivity index (χ3n) is 1.70. The number of nitrogens with zero attached hydrogens (tertiary/aromatic N) is 1. The van der Waals surface area contributed by atoms with Crippen molar-refractivity contribution in [3.8, 4) is 11.3 Å². The van der Waals surface area contributed by atoms with E-state index in [0.29, 0.717) is 6.42 Å². The van der Waals surface area contributed by atoms with Crippen molar-refractivity contribution in [1.82, 2.24) is 9.97 Å². The molecule has 2 rings (SSSR count). The molecule has 2 heterocycles. The standard InChI is InChI=1S/C9H8N2OS/c12-4-2-9-11-8(6-13-9)7-1-3-10-5-7/h1,3-6,10H,2H2. The number of hydrogen-bond donors (Lipinski definition) is 1. The lowest BCUT2D eigenvalue weighted by Crippen LogP contribution is -1.83. The largest absolute Gasteiger partial charge is 0.367 e. The Balaban J connectivity index is 2.28. The van der Waals surface area contributed by atoms with Gasteiger partial charge in [-0.1, -0.05) is 0 Å². The summed E-state index contributed by atoms with van der Waals surface area (Å²) in [7, 11) is 0. The summed E-state index contributed by atoms with van der Waals surface area (Å²) < 4.78 is 0. The highest BCUT2D eigenvalue weighted by molar-refractivity contribution is 7.10. The minimum Gasteiger partial charge on any atom is -0.367 e. The summed E-state index contributed by atoms with van der Waals surface area (Å²) in [5.41, 5.74) is 2.00. The fraction of sp³-hybridized carbons (Fsp3) is 0.111. The Bertz CT molecular complexity index is 391. The van der Waals surface area contributed by atoms with E-state index >= 15 is 0 Å². The maximum atomic E-state index is 10.2. The zero-order valence-electron chi connectivity index (χ0n) is 6.86. The maximum Gasteiger partial charge on any atom is 0.126 e. The van der Waals surface area contributed by atoms with Crippen LogP contribution >= 0.6 is 11.3 Å². The van der Waals surface area contributed by atoms with Crippen LogP contribution in [0.3, 0.4) is 0 Å². The van der Waals surface area contributed by atoms with E-state index in [1.54, 1.807) is 0 Å². The van der Waals surface area contributed by atoms with Crippen molar-refractivity contribution in [3.63, 3.8) is 0 Å². The number of nitrogens with one attached hydrogen (secondary N) is 1. The smallest absolute Gasteiger partial charge is 0.126 e. The number of carbonyl (C=O) groups is 1. The average molecular weight is 192 g/mol. The molecule has 0 atom stereocenters. The van der Waals surface area contributed by atoms with Crippen LogP contribution in [0.5, 0.6) is 0 Å². The molecule has 0 aliphatic rings. The first-order valence-corrected chi connectivity index (χ1v) is 4.79. The van der Waals surface area contributed by atoms with Gasteiger partial charge in [0.1, 0.15) is 11.3 Å². The van der Waals surface area contributed by atoms with Gasteiger partial charge in [0.05, 0.1) is 12.1 Å². The molecule has 0 aliphatic carbocycles. The van der Waals surface area contributed by atoms with Crippen molar-refractivity contribution in [2.24, 2.45) is 0 Å².